The zero-order valence-corrected chi connectivity index (χ0v) is 16.9. The van der Waals surface area contributed by atoms with E-state index in [-0.39, 0.29) is 5.91 Å². The SMILES string of the molecule is Cc1noc(C)c1CCC(=O)NC[C@H](C(C)C)N1CCc2ccccc2C1. The van der Waals surface area contributed by atoms with Gasteiger partial charge in [-0.05, 0) is 43.7 Å². The number of rotatable bonds is 7. The normalized spacial score (nSPS) is 15.6. The molecule has 0 saturated carbocycles. The van der Waals surface area contributed by atoms with Crippen molar-refractivity contribution in [2.75, 3.05) is 13.1 Å². The van der Waals surface area contributed by atoms with Crippen LogP contribution in [-0.2, 0) is 24.2 Å². The van der Waals surface area contributed by atoms with E-state index in [1.807, 2.05) is 13.8 Å². The number of carbonyl (C=O) groups excluding carboxylic acids is 1. The molecule has 0 radical (unpaired) electrons. The molecule has 27 heavy (non-hydrogen) atoms. The number of hydrogen-bond acceptors (Lipinski definition) is 4. The number of carbonyl (C=O) groups is 1. The molecule has 5 heteroatoms. The summed E-state index contributed by atoms with van der Waals surface area (Å²) in [4.78, 5) is 14.9. The summed E-state index contributed by atoms with van der Waals surface area (Å²) in [6.45, 7) is 11.0. The topological polar surface area (TPSA) is 58.4 Å². The number of amides is 1. The summed E-state index contributed by atoms with van der Waals surface area (Å²) in [6.07, 6.45) is 2.23. The Balaban J connectivity index is 1.53. The Kier molecular flexibility index (Phi) is 6.32. The van der Waals surface area contributed by atoms with Crippen molar-refractivity contribution >= 4 is 5.91 Å². The summed E-state index contributed by atoms with van der Waals surface area (Å²) in [5.74, 6) is 1.39. The molecule has 1 amide bonds. The fourth-order valence-electron chi connectivity index (χ4n) is 3.99. The van der Waals surface area contributed by atoms with Crippen molar-refractivity contribution in [3.8, 4) is 0 Å². The average molecular weight is 370 g/mol. The van der Waals surface area contributed by atoms with Gasteiger partial charge in [-0.1, -0.05) is 43.3 Å². The molecule has 1 atom stereocenters. The minimum absolute atomic E-state index is 0.0954. The second kappa shape index (κ2) is 8.70. The predicted octanol–water partition coefficient (Wildman–Crippen LogP) is 3.42. The van der Waals surface area contributed by atoms with Gasteiger partial charge in [0.05, 0.1) is 5.69 Å². The molecule has 1 aliphatic heterocycles. The molecule has 0 aliphatic carbocycles. The lowest BCUT2D eigenvalue weighted by Gasteiger charge is -2.38. The van der Waals surface area contributed by atoms with E-state index in [9.17, 15) is 4.79 Å². The van der Waals surface area contributed by atoms with E-state index in [0.717, 1.165) is 36.5 Å². The van der Waals surface area contributed by atoms with E-state index in [2.05, 4.69) is 53.5 Å². The first kappa shape index (κ1) is 19.6. The number of aryl methyl sites for hydroxylation is 2. The van der Waals surface area contributed by atoms with E-state index in [1.165, 1.54) is 11.1 Å². The number of nitrogens with zero attached hydrogens (tertiary/aromatic N) is 2. The van der Waals surface area contributed by atoms with Crippen LogP contribution in [0, 0.1) is 19.8 Å². The van der Waals surface area contributed by atoms with Crippen molar-refractivity contribution in [1.82, 2.24) is 15.4 Å². The summed E-state index contributed by atoms with van der Waals surface area (Å²) in [5.41, 5.74) is 4.81. The lowest BCUT2D eigenvalue weighted by molar-refractivity contribution is -0.121. The number of aromatic nitrogens is 1. The van der Waals surface area contributed by atoms with Crippen LogP contribution in [0.2, 0.25) is 0 Å². The fourth-order valence-corrected chi connectivity index (χ4v) is 3.99. The van der Waals surface area contributed by atoms with Crippen LogP contribution in [0.1, 0.15) is 48.4 Å². The smallest absolute Gasteiger partial charge is 0.220 e. The first-order valence-electron chi connectivity index (χ1n) is 9.95. The lowest BCUT2D eigenvalue weighted by atomic mass is 9.95. The second-order valence-corrected chi connectivity index (χ2v) is 7.91. The fraction of sp³-hybridized carbons (Fsp3) is 0.545. The molecule has 0 saturated heterocycles. The summed E-state index contributed by atoms with van der Waals surface area (Å²) in [7, 11) is 0. The second-order valence-electron chi connectivity index (χ2n) is 7.91. The Labute approximate surface area is 162 Å². The molecule has 0 fully saturated rings. The molecular formula is C22H31N3O2. The van der Waals surface area contributed by atoms with E-state index in [4.69, 9.17) is 4.52 Å². The zero-order chi connectivity index (χ0) is 19.4. The lowest BCUT2D eigenvalue weighted by Crippen LogP contribution is -2.48. The van der Waals surface area contributed by atoms with Crippen LogP contribution in [0.15, 0.2) is 28.8 Å². The van der Waals surface area contributed by atoms with Gasteiger partial charge in [-0.25, -0.2) is 0 Å². The van der Waals surface area contributed by atoms with Gasteiger partial charge in [-0.15, -0.1) is 0 Å². The standard InChI is InChI=1S/C22H31N3O2/c1-15(2)21(25-12-11-18-7-5-6-8-19(18)14-25)13-23-22(26)10-9-20-16(3)24-27-17(20)4/h5-8,15,21H,9-14H2,1-4H3,(H,23,26)/t21-/m1/s1. The largest absolute Gasteiger partial charge is 0.361 e. The summed E-state index contributed by atoms with van der Waals surface area (Å²) in [6, 6.07) is 9.03. The predicted molar refractivity (Wildman–Crippen MR) is 106 cm³/mol. The van der Waals surface area contributed by atoms with Gasteiger partial charge in [0.25, 0.3) is 0 Å². The van der Waals surface area contributed by atoms with Gasteiger partial charge >= 0.3 is 0 Å². The summed E-state index contributed by atoms with van der Waals surface area (Å²) in [5, 5.41) is 7.11. The van der Waals surface area contributed by atoms with Gasteiger partial charge < -0.3 is 9.84 Å². The van der Waals surface area contributed by atoms with Crippen molar-refractivity contribution in [3.63, 3.8) is 0 Å². The average Bonchev–Trinajstić information content (AvgIpc) is 2.97. The highest BCUT2D eigenvalue weighted by molar-refractivity contribution is 5.76. The van der Waals surface area contributed by atoms with Crippen LogP contribution >= 0.6 is 0 Å². The third kappa shape index (κ3) is 4.78. The first-order valence-corrected chi connectivity index (χ1v) is 9.95. The van der Waals surface area contributed by atoms with Crippen molar-refractivity contribution < 1.29 is 9.32 Å². The van der Waals surface area contributed by atoms with Crippen LogP contribution in [0.25, 0.3) is 0 Å². The maximum absolute atomic E-state index is 12.4. The molecular weight excluding hydrogens is 338 g/mol. The zero-order valence-electron chi connectivity index (χ0n) is 16.9. The van der Waals surface area contributed by atoms with Gasteiger partial charge in [-0.2, -0.15) is 0 Å². The van der Waals surface area contributed by atoms with Crippen LogP contribution < -0.4 is 5.32 Å². The van der Waals surface area contributed by atoms with E-state index < -0.39 is 0 Å². The van der Waals surface area contributed by atoms with Gasteiger partial charge in [0, 0.05) is 37.7 Å². The number of fused-ring (bicyclic) bond motifs is 1. The highest BCUT2D eigenvalue weighted by Gasteiger charge is 2.26. The van der Waals surface area contributed by atoms with E-state index >= 15 is 0 Å². The van der Waals surface area contributed by atoms with Crippen molar-refractivity contribution in [1.29, 1.82) is 0 Å². The van der Waals surface area contributed by atoms with E-state index in [0.29, 0.717) is 31.3 Å². The maximum Gasteiger partial charge on any atom is 0.220 e. The molecule has 1 N–H and O–H groups in total. The van der Waals surface area contributed by atoms with Gasteiger partial charge in [0.2, 0.25) is 5.91 Å². The quantitative estimate of drug-likeness (QED) is 0.812. The van der Waals surface area contributed by atoms with Crippen LogP contribution in [0.4, 0.5) is 0 Å². The molecule has 5 nitrogen and oxygen atoms in total. The van der Waals surface area contributed by atoms with Gasteiger partial charge in [-0.3, -0.25) is 9.69 Å². The van der Waals surface area contributed by atoms with Crippen LogP contribution in [-0.4, -0.2) is 35.1 Å². The highest BCUT2D eigenvalue weighted by Crippen LogP contribution is 2.23. The molecule has 1 aromatic heterocycles. The monoisotopic (exact) mass is 369 g/mol. The Morgan fingerprint density at radius 2 is 2.00 bits per heavy atom. The summed E-state index contributed by atoms with van der Waals surface area (Å²) < 4.78 is 5.18. The Hall–Kier alpha value is -2.14. The van der Waals surface area contributed by atoms with Crippen molar-refractivity contribution in [2.24, 2.45) is 5.92 Å². The molecule has 0 unspecified atom stereocenters. The Bertz CT molecular complexity index is 762. The minimum Gasteiger partial charge on any atom is -0.361 e. The number of hydrogen-bond donors (Lipinski definition) is 1. The molecule has 2 aromatic rings. The van der Waals surface area contributed by atoms with E-state index in [1.54, 1.807) is 0 Å². The number of benzene rings is 1. The minimum atomic E-state index is 0.0954. The van der Waals surface area contributed by atoms with Crippen molar-refractivity contribution in [2.45, 2.75) is 59.5 Å². The highest BCUT2D eigenvalue weighted by atomic mass is 16.5. The maximum atomic E-state index is 12.4. The Morgan fingerprint density at radius 3 is 2.67 bits per heavy atom. The van der Waals surface area contributed by atoms with Crippen LogP contribution in [0.5, 0.6) is 0 Å². The molecule has 0 bridgehead atoms. The molecule has 1 aliphatic rings. The third-order valence-corrected chi connectivity index (χ3v) is 5.69. The molecule has 0 spiro atoms. The number of nitrogens with one attached hydrogen (secondary N) is 1. The van der Waals surface area contributed by atoms with Gasteiger partial charge in [0.1, 0.15) is 5.76 Å². The Morgan fingerprint density at radius 1 is 1.26 bits per heavy atom. The first-order chi connectivity index (χ1) is 13.0. The molecule has 146 valence electrons. The van der Waals surface area contributed by atoms with Crippen molar-refractivity contribution in [3.05, 3.63) is 52.4 Å². The van der Waals surface area contributed by atoms with Gasteiger partial charge in [0.15, 0.2) is 0 Å². The molecule has 3 rings (SSSR count). The summed E-state index contributed by atoms with van der Waals surface area (Å²) >= 11 is 0. The molecule has 2 heterocycles. The third-order valence-electron chi connectivity index (χ3n) is 5.69. The van der Waals surface area contributed by atoms with Crippen LogP contribution in [0.3, 0.4) is 0 Å². The molecule has 1 aromatic carbocycles.